The normalized spacial score (nSPS) is 16.6. The summed E-state index contributed by atoms with van der Waals surface area (Å²) in [6, 6.07) is 5.39. The van der Waals surface area contributed by atoms with Gasteiger partial charge in [-0.25, -0.2) is 9.59 Å². The van der Waals surface area contributed by atoms with Crippen molar-refractivity contribution in [3.05, 3.63) is 28.2 Å². The summed E-state index contributed by atoms with van der Waals surface area (Å²) in [7, 11) is 0. The van der Waals surface area contributed by atoms with E-state index in [1.54, 1.807) is 24.0 Å². The van der Waals surface area contributed by atoms with Gasteiger partial charge in [-0.05, 0) is 81.6 Å². The maximum absolute atomic E-state index is 12.2. The largest absolute Gasteiger partial charge is 0.462 e. The van der Waals surface area contributed by atoms with Crippen molar-refractivity contribution in [2.24, 2.45) is 0 Å². The van der Waals surface area contributed by atoms with E-state index in [9.17, 15) is 9.59 Å². The summed E-state index contributed by atoms with van der Waals surface area (Å²) in [5.41, 5.74) is 0.795. The fourth-order valence-electron chi connectivity index (χ4n) is 2.92. The highest BCUT2D eigenvalue weighted by atomic mass is 79.9. The Labute approximate surface area is 169 Å². The van der Waals surface area contributed by atoms with Gasteiger partial charge < -0.3 is 19.7 Å². The first kappa shape index (κ1) is 21.5. The Morgan fingerprint density at radius 2 is 1.89 bits per heavy atom. The molecule has 150 valence electrons. The molecule has 1 aliphatic heterocycles. The molecule has 1 saturated heterocycles. The van der Waals surface area contributed by atoms with Crippen LogP contribution in [0.1, 0.15) is 57.8 Å². The van der Waals surface area contributed by atoms with Crippen molar-refractivity contribution in [3.63, 3.8) is 0 Å². The Balaban J connectivity index is 1.98. The first-order valence-corrected chi connectivity index (χ1v) is 10.0. The van der Waals surface area contributed by atoms with E-state index in [0.717, 1.165) is 23.0 Å². The van der Waals surface area contributed by atoms with Crippen LogP contribution < -0.4 is 5.32 Å². The maximum atomic E-state index is 12.2. The predicted molar refractivity (Wildman–Crippen MR) is 109 cm³/mol. The third-order valence-corrected chi connectivity index (χ3v) is 5.09. The minimum Gasteiger partial charge on any atom is -0.462 e. The molecule has 0 aliphatic carbocycles. The van der Waals surface area contributed by atoms with Crippen molar-refractivity contribution in [2.75, 3.05) is 25.0 Å². The molecule has 1 aliphatic rings. The zero-order valence-electron chi connectivity index (χ0n) is 16.7. The summed E-state index contributed by atoms with van der Waals surface area (Å²) in [6.45, 7) is 11.2. The van der Waals surface area contributed by atoms with Crippen LogP contribution in [-0.2, 0) is 9.47 Å². The first-order chi connectivity index (χ1) is 12.5. The summed E-state index contributed by atoms with van der Waals surface area (Å²) in [5.74, 6) is -0.332. The molecule has 0 bridgehead atoms. The average molecular weight is 441 g/mol. The van der Waals surface area contributed by atoms with Gasteiger partial charge in [-0.2, -0.15) is 0 Å². The molecule has 1 heterocycles. The van der Waals surface area contributed by atoms with Crippen LogP contribution >= 0.6 is 15.9 Å². The molecular weight excluding hydrogens is 412 g/mol. The fourth-order valence-corrected chi connectivity index (χ4v) is 3.40. The molecule has 0 spiro atoms. The Kier molecular flexibility index (Phi) is 6.78. The lowest BCUT2D eigenvalue weighted by Crippen LogP contribution is -2.50. The SMILES string of the molecule is CCOC(=O)c1ccc(NC2(C)CCN(C(=O)OC(C)(C)C)CC2)c(Br)c1. The number of likely N-dealkylation sites (tertiary alicyclic amines) is 1. The van der Waals surface area contributed by atoms with Crippen LogP contribution in [0.3, 0.4) is 0 Å². The van der Waals surface area contributed by atoms with E-state index in [2.05, 4.69) is 28.2 Å². The second kappa shape index (κ2) is 8.50. The van der Waals surface area contributed by atoms with Gasteiger partial charge in [0, 0.05) is 28.8 Å². The van der Waals surface area contributed by atoms with E-state index >= 15 is 0 Å². The number of nitrogens with one attached hydrogen (secondary N) is 1. The summed E-state index contributed by atoms with van der Waals surface area (Å²) < 4.78 is 11.3. The van der Waals surface area contributed by atoms with Crippen LogP contribution in [-0.4, -0.2) is 47.8 Å². The number of amides is 1. The van der Waals surface area contributed by atoms with E-state index in [0.29, 0.717) is 25.3 Å². The third-order valence-electron chi connectivity index (χ3n) is 4.44. The maximum Gasteiger partial charge on any atom is 0.410 e. The molecule has 1 fully saturated rings. The summed E-state index contributed by atoms with van der Waals surface area (Å²) in [6.07, 6.45) is 1.35. The molecule has 7 heteroatoms. The van der Waals surface area contributed by atoms with Gasteiger partial charge in [-0.3, -0.25) is 0 Å². The molecule has 27 heavy (non-hydrogen) atoms. The summed E-state index contributed by atoms with van der Waals surface area (Å²) >= 11 is 3.53. The van der Waals surface area contributed by atoms with Gasteiger partial charge in [0.15, 0.2) is 0 Å². The van der Waals surface area contributed by atoms with Crippen LogP contribution in [0.2, 0.25) is 0 Å². The smallest absolute Gasteiger partial charge is 0.410 e. The third kappa shape index (κ3) is 6.13. The zero-order valence-corrected chi connectivity index (χ0v) is 18.3. The summed E-state index contributed by atoms with van der Waals surface area (Å²) in [4.78, 5) is 25.8. The molecular formula is C20H29BrN2O4. The Hall–Kier alpha value is -1.76. The number of hydrogen-bond acceptors (Lipinski definition) is 5. The highest BCUT2D eigenvalue weighted by molar-refractivity contribution is 9.10. The number of halogens is 1. The number of carbonyl (C=O) groups excluding carboxylic acids is 2. The number of rotatable bonds is 4. The van der Waals surface area contributed by atoms with Crippen molar-refractivity contribution < 1.29 is 19.1 Å². The highest BCUT2D eigenvalue weighted by Gasteiger charge is 2.34. The number of anilines is 1. The number of carbonyl (C=O) groups is 2. The molecule has 6 nitrogen and oxygen atoms in total. The molecule has 1 aromatic carbocycles. The number of hydrogen-bond donors (Lipinski definition) is 1. The van der Waals surface area contributed by atoms with E-state index in [1.807, 2.05) is 26.8 Å². The second-order valence-corrected chi connectivity index (χ2v) is 8.92. The molecule has 1 N–H and O–H groups in total. The number of nitrogens with zero attached hydrogens (tertiary/aromatic N) is 1. The van der Waals surface area contributed by atoms with E-state index in [1.165, 1.54) is 0 Å². The summed E-state index contributed by atoms with van der Waals surface area (Å²) in [5, 5.41) is 3.55. The van der Waals surface area contributed by atoms with Crippen LogP contribution in [0.25, 0.3) is 0 Å². The predicted octanol–water partition coefficient (Wildman–Crippen LogP) is 4.83. The van der Waals surface area contributed by atoms with Crippen molar-refractivity contribution >= 4 is 33.7 Å². The van der Waals surface area contributed by atoms with Crippen LogP contribution in [0.15, 0.2) is 22.7 Å². The van der Waals surface area contributed by atoms with Gasteiger partial charge in [0.1, 0.15) is 5.60 Å². The van der Waals surface area contributed by atoms with Gasteiger partial charge >= 0.3 is 12.1 Å². The van der Waals surface area contributed by atoms with Crippen molar-refractivity contribution in [1.29, 1.82) is 0 Å². The van der Waals surface area contributed by atoms with Gasteiger partial charge in [-0.15, -0.1) is 0 Å². The fraction of sp³-hybridized carbons (Fsp3) is 0.600. The second-order valence-electron chi connectivity index (χ2n) is 8.07. The van der Waals surface area contributed by atoms with E-state index < -0.39 is 5.60 Å². The average Bonchev–Trinajstić information content (AvgIpc) is 2.56. The Morgan fingerprint density at radius 3 is 2.41 bits per heavy atom. The topological polar surface area (TPSA) is 67.9 Å². The molecule has 2 rings (SSSR count). The Morgan fingerprint density at radius 1 is 1.26 bits per heavy atom. The minimum atomic E-state index is -0.485. The lowest BCUT2D eigenvalue weighted by molar-refractivity contribution is 0.0184. The first-order valence-electron chi connectivity index (χ1n) is 9.26. The number of esters is 1. The van der Waals surface area contributed by atoms with Crippen molar-refractivity contribution in [3.8, 4) is 0 Å². The molecule has 0 unspecified atom stereocenters. The van der Waals surface area contributed by atoms with Crippen LogP contribution in [0.5, 0.6) is 0 Å². The van der Waals surface area contributed by atoms with E-state index in [-0.39, 0.29) is 17.6 Å². The van der Waals surface area contributed by atoms with Gasteiger partial charge in [0.05, 0.1) is 12.2 Å². The molecule has 1 amide bonds. The minimum absolute atomic E-state index is 0.146. The quantitative estimate of drug-likeness (QED) is 0.679. The highest BCUT2D eigenvalue weighted by Crippen LogP contribution is 2.32. The van der Waals surface area contributed by atoms with Crippen LogP contribution in [0, 0.1) is 0 Å². The molecule has 0 aromatic heterocycles. The van der Waals surface area contributed by atoms with Crippen LogP contribution in [0.4, 0.5) is 10.5 Å². The van der Waals surface area contributed by atoms with Crippen molar-refractivity contribution in [2.45, 2.75) is 58.6 Å². The monoisotopic (exact) mass is 440 g/mol. The standard InChI is InChI=1S/C20H29BrN2O4/c1-6-26-17(24)14-7-8-16(15(21)13-14)22-20(5)9-11-23(12-10-20)18(25)27-19(2,3)4/h7-8,13,22H,6,9-12H2,1-5H3. The lowest BCUT2D eigenvalue weighted by Gasteiger charge is -2.41. The lowest BCUT2D eigenvalue weighted by atomic mass is 9.89. The number of ether oxygens (including phenoxy) is 2. The molecule has 0 saturated carbocycles. The zero-order chi connectivity index (χ0) is 20.2. The molecule has 0 radical (unpaired) electrons. The van der Waals surface area contributed by atoms with Gasteiger partial charge in [0.25, 0.3) is 0 Å². The number of benzene rings is 1. The van der Waals surface area contributed by atoms with Gasteiger partial charge in [-0.1, -0.05) is 0 Å². The van der Waals surface area contributed by atoms with E-state index in [4.69, 9.17) is 9.47 Å². The van der Waals surface area contributed by atoms with Crippen molar-refractivity contribution in [1.82, 2.24) is 4.90 Å². The molecule has 1 aromatic rings. The molecule has 0 atom stereocenters. The number of piperidine rings is 1. The van der Waals surface area contributed by atoms with Gasteiger partial charge in [0.2, 0.25) is 0 Å². The Bertz CT molecular complexity index is 692.